The van der Waals surface area contributed by atoms with Crippen molar-refractivity contribution in [1.82, 2.24) is 24.6 Å². The molecule has 2 aromatic rings. The van der Waals surface area contributed by atoms with Gasteiger partial charge in [-0.2, -0.15) is 5.10 Å². The second-order valence-corrected chi connectivity index (χ2v) is 4.76. The molecule has 0 saturated carbocycles. The molecule has 5 nitrogen and oxygen atoms in total. The van der Waals surface area contributed by atoms with E-state index in [4.69, 9.17) is 0 Å². The summed E-state index contributed by atoms with van der Waals surface area (Å²) in [7, 11) is 1.98. The van der Waals surface area contributed by atoms with Crippen LogP contribution in [0.4, 0.5) is 0 Å². The molecule has 0 radical (unpaired) electrons. The summed E-state index contributed by atoms with van der Waals surface area (Å²) in [6.07, 6.45) is 6.65. The third kappa shape index (κ3) is 2.98. The molecule has 5 heteroatoms. The second kappa shape index (κ2) is 5.82. The van der Waals surface area contributed by atoms with Crippen LogP contribution in [0.5, 0.6) is 0 Å². The third-order valence-electron chi connectivity index (χ3n) is 3.09. The van der Waals surface area contributed by atoms with E-state index >= 15 is 0 Å². The summed E-state index contributed by atoms with van der Waals surface area (Å²) in [4.78, 5) is 4.19. The number of hydrogen-bond donors (Lipinski definition) is 1. The number of nitrogens with one attached hydrogen (secondary N) is 1. The van der Waals surface area contributed by atoms with E-state index in [0.29, 0.717) is 6.04 Å². The van der Waals surface area contributed by atoms with Gasteiger partial charge in [0, 0.05) is 50.7 Å². The monoisotopic (exact) mass is 247 g/mol. The van der Waals surface area contributed by atoms with Crippen molar-refractivity contribution in [2.24, 2.45) is 7.05 Å². The van der Waals surface area contributed by atoms with Crippen molar-refractivity contribution in [3.8, 4) is 0 Å². The Bertz CT molecular complexity index is 483. The first-order valence-electron chi connectivity index (χ1n) is 6.37. The number of hydrogen-bond acceptors (Lipinski definition) is 3. The Kier molecular flexibility index (Phi) is 4.15. The van der Waals surface area contributed by atoms with Crippen LogP contribution in [0.3, 0.4) is 0 Å². The van der Waals surface area contributed by atoms with Gasteiger partial charge in [0.15, 0.2) is 0 Å². The highest BCUT2D eigenvalue weighted by Crippen LogP contribution is 2.08. The molecule has 0 bridgehead atoms. The Morgan fingerprint density at radius 1 is 1.33 bits per heavy atom. The van der Waals surface area contributed by atoms with Gasteiger partial charge < -0.3 is 9.88 Å². The van der Waals surface area contributed by atoms with E-state index in [1.807, 2.05) is 30.5 Å². The van der Waals surface area contributed by atoms with Crippen molar-refractivity contribution in [3.05, 3.63) is 36.2 Å². The van der Waals surface area contributed by atoms with Gasteiger partial charge in [0.05, 0.1) is 12.0 Å². The molecule has 0 aliphatic heterocycles. The number of aromatic nitrogens is 4. The Hall–Kier alpha value is -1.62. The summed E-state index contributed by atoms with van der Waals surface area (Å²) in [6, 6.07) is 2.52. The molecule has 0 aromatic carbocycles. The van der Waals surface area contributed by atoms with Gasteiger partial charge in [-0.1, -0.05) is 0 Å². The van der Waals surface area contributed by atoms with E-state index in [0.717, 1.165) is 19.5 Å². The predicted octanol–water partition coefficient (Wildman–Crippen LogP) is 1.53. The van der Waals surface area contributed by atoms with Gasteiger partial charge in [0.2, 0.25) is 0 Å². The lowest BCUT2D eigenvalue weighted by Gasteiger charge is -2.12. The first-order chi connectivity index (χ1) is 8.68. The Morgan fingerprint density at radius 2 is 2.17 bits per heavy atom. The molecular weight excluding hydrogens is 226 g/mol. The first-order valence-corrected chi connectivity index (χ1v) is 6.37. The molecular formula is C13H21N5. The zero-order valence-electron chi connectivity index (χ0n) is 11.3. The maximum atomic E-state index is 4.19. The van der Waals surface area contributed by atoms with Crippen molar-refractivity contribution in [3.63, 3.8) is 0 Å². The summed E-state index contributed by atoms with van der Waals surface area (Å²) in [5.74, 6) is 0. The van der Waals surface area contributed by atoms with Crippen LogP contribution in [-0.2, 0) is 20.0 Å². The minimum atomic E-state index is 0.460. The van der Waals surface area contributed by atoms with Crippen LogP contribution in [0.1, 0.15) is 31.3 Å². The van der Waals surface area contributed by atoms with Crippen molar-refractivity contribution >= 4 is 0 Å². The minimum Gasteiger partial charge on any atom is -0.331 e. The SMILES string of the molecule is CC(C)n1cncc1CNCCc1ccnn1C. The van der Waals surface area contributed by atoms with Crippen molar-refractivity contribution in [1.29, 1.82) is 0 Å². The third-order valence-corrected chi connectivity index (χ3v) is 3.09. The lowest BCUT2D eigenvalue weighted by Crippen LogP contribution is -2.20. The van der Waals surface area contributed by atoms with Gasteiger partial charge in [0.1, 0.15) is 0 Å². The van der Waals surface area contributed by atoms with Crippen LogP contribution < -0.4 is 5.32 Å². The lowest BCUT2D eigenvalue weighted by molar-refractivity contribution is 0.548. The Morgan fingerprint density at radius 3 is 2.83 bits per heavy atom. The Labute approximate surface area is 108 Å². The number of rotatable bonds is 6. The standard InChI is InChI=1S/C13H21N5/c1-11(2)18-10-15-9-13(18)8-14-6-4-12-5-7-16-17(12)3/h5,7,9-11,14H,4,6,8H2,1-3H3. The summed E-state index contributed by atoms with van der Waals surface area (Å²) in [5.41, 5.74) is 2.48. The zero-order chi connectivity index (χ0) is 13.0. The molecule has 2 heterocycles. The van der Waals surface area contributed by atoms with Gasteiger partial charge in [-0.05, 0) is 19.9 Å². The fourth-order valence-corrected chi connectivity index (χ4v) is 2.01. The van der Waals surface area contributed by atoms with Gasteiger partial charge in [0.25, 0.3) is 0 Å². The smallest absolute Gasteiger partial charge is 0.0951 e. The van der Waals surface area contributed by atoms with E-state index in [1.54, 1.807) is 0 Å². The van der Waals surface area contributed by atoms with Crippen LogP contribution in [-0.4, -0.2) is 25.9 Å². The van der Waals surface area contributed by atoms with E-state index in [1.165, 1.54) is 11.4 Å². The average Bonchev–Trinajstić information content (AvgIpc) is 2.94. The average molecular weight is 247 g/mol. The van der Waals surface area contributed by atoms with E-state index in [2.05, 4.69) is 39.9 Å². The van der Waals surface area contributed by atoms with Crippen LogP contribution >= 0.6 is 0 Å². The van der Waals surface area contributed by atoms with Gasteiger partial charge in [-0.25, -0.2) is 4.98 Å². The van der Waals surface area contributed by atoms with Gasteiger partial charge >= 0.3 is 0 Å². The first kappa shape index (κ1) is 12.8. The highest BCUT2D eigenvalue weighted by atomic mass is 15.3. The fourth-order valence-electron chi connectivity index (χ4n) is 2.01. The second-order valence-electron chi connectivity index (χ2n) is 4.76. The normalized spacial score (nSPS) is 11.3. The lowest BCUT2D eigenvalue weighted by atomic mass is 10.3. The summed E-state index contributed by atoms with van der Waals surface area (Å²) < 4.78 is 4.11. The molecule has 0 aliphatic carbocycles. The van der Waals surface area contributed by atoms with Gasteiger partial charge in [-0.15, -0.1) is 0 Å². The highest BCUT2D eigenvalue weighted by Gasteiger charge is 2.04. The molecule has 0 saturated heterocycles. The quantitative estimate of drug-likeness (QED) is 0.788. The molecule has 98 valence electrons. The summed E-state index contributed by atoms with van der Waals surface area (Å²) in [6.45, 7) is 6.14. The van der Waals surface area contributed by atoms with E-state index < -0.39 is 0 Å². The molecule has 0 aliphatic rings. The molecule has 0 atom stereocenters. The van der Waals surface area contributed by atoms with Crippen LogP contribution in [0, 0.1) is 0 Å². The predicted molar refractivity (Wildman–Crippen MR) is 71.2 cm³/mol. The summed E-state index contributed by atoms with van der Waals surface area (Å²) in [5, 5.41) is 7.60. The maximum absolute atomic E-state index is 4.19. The Balaban J connectivity index is 1.79. The van der Waals surface area contributed by atoms with E-state index in [9.17, 15) is 0 Å². The minimum absolute atomic E-state index is 0.460. The molecule has 0 amide bonds. The van der Waals surface area contributed by atoms with Crippen molar-refractivity contribution in [2.75, 3.05) is 6.54 Å². The van der Waals surface area contributed by atoms with Gasteiger partial charge in [-0.3, -0.25) is 4.68 Å². The molecule has 0 spiro atoms. The fraction of sp³-hybridized carbons (Fsp3) is 0.538. The summed E-state index contributed by atoms with van der Waals surface area (Å²) >= 11 is 0. The topological polar surface area (TPSA) is 47.7 Å². The van der Waals surface area contributed by atoms with Crippen LogP contribution in [0.2, 0.25) is 0 Å². The highest BCUT2D eigenvalue weighted by molar-refractivity contribution is 5.02. The molecule has 0 fully saturated rings. The van der Waals surface area contributed by atoms with Crippen molar-refractivity contribution in [2.45, 2.75) is 32.9 Å². The number of nitrogens with zero attached hydrogens (tertiary/aromatic N) is 4. The molecule has 18 heavy (non-hydrogen) atoms. The molecule has 2 rings (SSSR count). The zero-order valence-corrected chi connectivity index (χ0v) is 11.3. The van der Waals surface area contributed by atoms with E-state index in [-0.39, 0.29) is 0 Å². The van der Waals surface area contributed by atoms with Crippen molar-refractivity contribution < 1.29 is 0 Å². The number of aryl methyl sites for hydroxylation is 1. The largest absolute Gasteiger partial charge is 0.331 e. The number of imidazole rings is 1. The molecule has 1 N–H and O–H groups in total. The molecule has 2 aromatic heterocycles. The van der Waals surface area contributed by atoms with Crippen LogP contribution in [0.15, 0.2) is 24.8 Å². The van der Waals surface area contributed by atoms with Crippen LogP contribution in [0.25, 0.3) is 0 Å². The maximum Gasteiger partial charge on any atom is 0.0951 e. The molecule has 0 unspecified atom stereocenters.